The summed E-state index contributed by atoms with van der Waals surface area (Å²) in [7, 11) is 1.14. The zero-order valence-corrected chi connectivity index (χ0v) is 9.19. The smallest absolute Gasteiger partial charge is 0.327 e. The third kappa shape index (κ3) is 2.68. The minimum atomic E-state index is -1.30. The molecule has 5 N–H and O–H groups in total. The second kappa shape index (κ2) is 5.43. The lowest BCUT2D eigenvalue weighted by molar-refractivity contribution is -0.142. The molecule has 90 valence electrons. The number of phenolic OH excluding ortho intramolecular Hbond substituents is 3. The second-order valence-corrected chi connectivity index (χ2v) is 2.90. The Morgan fingerprint density at radius 2 is 1.75 bits per heavy atom. The van der Waals surface area contributed by atoms with Gasteiger partial charge in [0.15, 0.2) is 0 Å². The summed E-state index contributed by atoms with van der Waals surface area (Å²) in [5.74, 6) is -2.06. The molecular formula is C9H12ClNO5. The van der Waals surface area contributed by atoms with Crippen molar-refractivity contribution in [2.45, 2.75) is 6.04 Å². The van der Waals surface area contributed by atoms with Crippen molar-refractivity contribution < 1.29 is 24.9 Å². The molecule has 0 radical (unpaired) electrons. The molecule has 16 heavy (non-hydrogen) atoms. The van der Waals surface area contributed by atoms with Gasteiger partial charge in [0.05, 0.1) is 12.7 Å². The van der Waals surface area contributed by atoms with E-state index in [4.69, 9.17) is 10.8 Å². The molecule has 1 rings (SSSR count). The van der Waals surface area contributed by atoms with E-state index in [1.807, 2.05) is 0 Å². The summed E-state index contributed by atoms with van der Waals surface area (Å²) in [4.78, 5) is 11.1. The number of nitrogens with two attached hydrogens (primary N) is 1. The van der Waals surface area contributed by atoms with Gasteiger partial charge in [0.25, 0.3) is 0 Å². The maximum Gasteiger partial charge on any atom is 0.327 e. The number of hydrogen-bond donors (Lipinski definition) is 4. The summed E-state index contributed by atoms with van der Waals surface area (Å²) in [5, 5.41) is 27.8. The highest BCUT2D eigenvalue weighted by molar-refractivity contribution is 5.85. The molecule has 0 fully saturated rings. The van der Waals surface area contributed by atoms with Gasteiger partial charge in [-0.3, -0.25) is 0 Å². The predicted octanol–water partition coefficient (Wildman–Crippen LogP) is 0.398. The largest absolute Gasteiger partial charge is 0.508 e. The van der Waals surface area contributed by atoms with Gasteiger partial charge in [-0.05, 0) is 0 Å². The molecule has 0 saturated carbocycles. The van der Waals surface area contributed by atoms with E-state index in [9.17, 15) is 15.0 Å². The van der Waals surface area contributed by atoms with Crippen molar-refractivity contribution in [1.82, 2.24) is 0 Å². The second-order valence-electron chi connectivity index (χ2n) is 2.90. The Morgan fingerprint density at radius 3 is 2.12 bits per heavy atom. The van der Waals surface area contributed by atoms with E-state index >= 15 is 0 Å². The predicted molar refractivity (Wildman–Crippen MR) is 57.6 cm³/mol. The molecule has 0 unspecified atom stereocenters. The molecule has 1 aromatic carbocycles. The standard InChI is InChI=1S/C9H11NO5.ClH/c1-15-9(14)8(10)7-5(12)2-4(11)3-6(7)13;/h2-3,8,11-13H,10H2,1H3;1H/t8-;/m1./s1. The fourth-order valence-electron chi connectivity index (χ4n) is 1.17. The van der Waals surface area contributed by atoms with Crippen LogP contribution in [-0.2, 0) is 9.53 Å². The van der Waals surface area contributed by atoms with Crippen LogP contribution in [-0.4, -0.2) is 28.4 Å². The first kappa shape index (κ1) is 14.3. The fraction of sp³-hybridized carbons (Fsp3) is 0.222. The Hall–Kier alpha value is -1.66. The van der Waals surface area contributed by atoms with Gasteiger partial charge in [0.2, 0.25) is 0 Å². The van der Waals surface area contributed by atoms with E-state index in [0.717, 1.165) is 19.2 Å². The number of carbonyl (C=O) groups excluding carboxylic acids is 1. The van der Waals surface area contributed by atoms with Gasteiger partial charge < -0.3 is 25.8 Å². The molecule has 0 aliphatic heterocycles. The summed E-state index contributed by atoms with van der Waals surface area (Å²) in [6, 6.07) is 0.644. The average Bonchev–Trinajstić information content (AvgIpc) is 2.14. The van der Waals surface area contributed by atoms with Crippen molar-refractivity contribution in [2.24, 2.45) is 5.73 Å². The Kier molecular flexibility index (Phi) is 4.87. The number of aromatic hydroxyl groups is 3. The van der Waals surface area contributed by atoms with Crippen LogP contribution in [0.1, 0.15) is 11.6 Å². The van der Waals surface area contributed by atoms with Crippen molar-refractivity contribution in [3.8, 4) is 17.2 Å². The number of rotatable bonds is 2. The summed E-state index contributed by atoms with van der Waals surface area (Å²) < 4.78 is 4.36. The van der Waals surface area contributed by atoms with Gasteiger partial charge >= 0.3 is 5.97 Å². The first-order valence-electron chi connectivity index (χ1n) is 4.05. The van der Waals surface area contributed by atoms with Crippen LogP contribution in [0.25, 0.3) is 0 Å². The fourth-order valence-corrected chi connectivity index (χ4v) is 1.17. The maximum absolute atomic E-state index is 11.1. The van der Waals surface area contributed by atoms with Gasteiger partial charge in [-0.25, -0.2) is 4.79 Å². The number of ether oxygens (including phenoxy) is 1. The lowest BCUT2D eigenvalue weighted by Gasteiger charge is -2.13. The monoisotopic (exact) mass is 249 g/mol. The van der Waals surface area contributed by atoms with E-state index in [0.29, 0.717) is 0 Å². The number of esters is 1. The van der Waals surface area contributed by atoms with E-state index < -0.39 is 23.5 Å². The van der Waals surface area contributed by atoms with Crippen molar-refractivity contribution in [2.75, 3.05) is 7.11 Å². The molecule has 0 bridgehead atoms. The van der Waals surface area contributed by atoms with Crippen LogP contribution in [0, 0.1) is 0 Å². The van der Waals surface area contributed by atoms with Gasteiger partial charge in [-0.1, -0.05) is 0 Å². The number of carbonyl (C=O) groups is 1. The highest BCUT2D eigenvalue weighted by Gasteiger charge is 2.23. The summed E-state index contributed by atoms with van der Waals surface area (Å²) in [6.07, 6.45) is 0. The summed E-state index contributed by atoms with van der Waals surface area (Å²) >= 11 is 0. The van der Waals surface area contributed by atoms with E-state index in [2.05, 4.69) is 4.74 Å². The molecule has 0 aliphatic rings. The van der Waals surface area contributed by atoms with Crippen LogP contribution < -0.4 is 5.73 Å². The van der Waals surface area contributed by atoms with Crippen LogP contribution in [0.15, 0.2) is 12.1 Å². The van der Waals surface area contributed by atoms with Crippen molar-refractivity contribution in [3.05, 3.63) is 17.7 Å². The van der Waals surface area contributed by atoms with Crippen LogP contribution >= 0.6 is 12.4 Å². The summed E-state index contributed by atoms with van der Waals surface area (Å²) in [5.41, 5.74) is 5.24. The van der Waals surface area contributed by atoms with Crippen LogP contribution in [0.4, 0.5) is 0 Å². The molecule has 1 aromatic rings. The quantitative estimate of drug-likeness (QED) is 0.564. The van der Waals surface area contributed by atoms with E-state index in [-0.39, 0.29) is 23.7 Å². The molecular weight excluding hydrogens is 238 g/mol. The van der Waals surface area contributed by atoms with Crippen LogP contribution in [0.2, 0.25) is 0 Å². The highest BCUT2D eigenvalue weighted by atomic mass is 35.5. The Labute approximate surface area is 97.7 Å². The van der Waals surface area contributed by atoms with E-state index in [1.165, 1.54) is 0 Å². The molecule has 0 aliphatic carbocycles. The zero-order valence-electron chi connectivity index (χ0n) is 8.38. The molecule has 7 heteroatoms. The Bertz CT molecular complexity index is 372. The topological polar surface area (TPSA) is 113 Å². The molecule has 0 spiro atoms. The van der Waals surface area contributed by atoms with Gasteiger partial charge in [0.1, 0.15) is 23.3 Å². The highest BCUT2D eigenvalue weighted by Crippen LogP contribution is 2.35. The average molecular weight is 250 g/mol. The van der Waals surface area contributed by atoms with Gasteiger partial charge in [0, 0.05) is 12.1 Å². The lowest BCUT2D eigenvalue weighted by Crippen LogP contribution is -2.22. The Morgan fingerprint density at radius 1 is 1.31 bits per heavy atom. The van der Waals surface area contributed by atoms with Gasteiger partial charge in [-0.2, -0.15) is 0 Å². The molecule has 6 nitrogen and oxygen atoms in total. The van der Waals surface area contributed by atoms with Gasteiger partial charge in [-0.15, -0.1) is 12.4 Å². The Balaban J connectivity index is 0.00000225. The van der Waals surface area contributed by atoms with E-state index in [1.54, 1.807) is 0 Å². The zero-order chi connectivity index (χ0) is 11.6. The minimum absolute atomic E-state index is 0. The lowest BCUT2D eigenvalue weighted by atomic mass is 10.1. The molecule has 0 heterocycles. The van der Waals surface area contributed by atoms with Crippen molar-refractivity contribution >= 4 is 18.4 Å². The van der Waals surface area contributed by atoms with Crippen LogP contribution in [0.3, 0.4) is 0 Å². The first-order valence-corrected chi connectivity index (χ1v) is 4.05. The normalized spacial score (nSPS) is 11.4. The summed E-state index contributed by atoms with van der Waals surface area (Å²) in [6.45, 7) is 0. The number of halogens is 1. The molecule has 1 atom stereocenters. The van der Waals surface area contributed by atoms with Crippen LogP contribution in [0.5, 0.6) is 17.2 Å². The van der Waals surface area contributed by atoms with Crippen molar-refractivity contribution in [1.29, 1.82) is 0 Å². The third-order valence-electron chi connectivity index (χ3n) is 1.89. The minimum Gasteiger partial charge on any atom is -0.508 e. The first-order chi connectivity index (χ1) is 6.97. The number of hydrogen-bond acceptors (Lipinski definition) is 6. The number of benzene rings is 1. The van der Waals surface area contributed by atoms with Crippen molar-refractivity contribution in [3.63, 3.8) is 0 Å². The number of phenols is 3. The number of methoxy groups -OCH3 is 1. The maximum atomic E-state index is 11.1. The molecule has 0 saturated heterocycles. The molecule has 0 amide bonds. The third-order valence-corrected chi connectivity index (χ3v) is 1.89. The molecule has 0 aromatic heterocycles. The SMILES string of the molecule is COC(=O)[C@H](N)c1c(O)cc(O)cc1O.Cl.